The number of rotatable bonds is 7. The quantitative estimate of drug-likeness (QED) is 0.776. The Morgan fingerprint density at radius 2 is 1.79 bits per heavy atom. The zero-order chi connectivity index (χ0) is 16.2. The van der Waals surface area contributed by atoms with E-state index in [1.165, 1.54) is 0 Å². The standard InChI is InChI=1S/C18H24N2O4/c1-4-15(21-7-1)12-20(13-16-5-2-8-22-16)11-14-10-18(24-19-14)17-6-3-9-23-17/h3,6,9-10,15-16H,1-2,4-5,7-8,11-13H2. The van der Waals surface area contributed by atoms with Crippen LogP contribution in [0.25, 0.3) is 11.5 Å². The van der Waals surface area contributed by atoms with Crippen molar-refractivity contribution in [3.63, 3.8) is 0 Å². The lowest BCUT2D eigenvalue weighted by Gasteiger charge is -2.26. The third-order valence-electron chi connectivity index (χ3n) is 4.68. The van der Waals surface area contributed by atoms with Crippen molar-refractivity contribution in [1.29, 1.82) is 0 Å². The fourth-order valence-electron chi connectivity index (χ4n) is 3.51. The monoisotopic (exact) mass is 332 g/mol. The first-order valence-corrected chi connectivity index (χ1v) is 8.82. The summed E-state index contributed by atoms with van der Waals surface area (Å²) in [5, 5.41) is 4.20. The van der Waals surface area contributed by atoms with E-state index in [2.05, 4.69) is 10.1 Å². The van der Waals surface area contributed by atoms with Crippen molar-refractivity contribution in [3.8, 4) is 11.5 Å². The van der Waals surface area contributed by atoms with E-state index in [-0.39, 0.29) is 0 Å². The predicted octanol–water partition coefficient (Wildman–Crippen LogP) is 3.09. The van der Waals surface area contributed by atoms with Gasteiger partial charge < -0.3 is 18.4 Å². The van der Waals surface area contributed by atoms with Gasteiger partial charge in [0.2, 0.25) is 5.76 Å². The second-order valence-corrected chi connectivity index (χ2v) is 6.62. The first-order valence-electron chi connectivity index (χ1n) is 8.82. The predicted molar refractivity (Wildman–Crippen MR) is 87.4 cm³/mol. The van der Waals surface area contributed by atoms with Crippen molar-refractivity contribution in [3.05, 3.63) is 30.2 Å². The minimum atomic E-state index is 0.322. The molecule has 0 aliphatic carbocycles. The van der Waals surface area contributed by atoms with Crippen molar-refractivity contribution in [2.75, 3.05) is 26.3 Å². The minimum Gasteiger partial charge on any atom is -0.461 e. The summed E-state index contributed by atoms with van der Waals surface area (Å²) in [6, 6.07) is 5.68. The molecule has 2 saturated heterocycles. The molecule has 130 valence electrons. The Kier molecular flexibility index (Phi) is 4.96. The van der Waals surface area contributed by atoms with E-state index in [1.807, 2.05) is 18.2 Å². The smallest absolute Gasteiger partial charge is 0.202 e. The van der Waals surface area contributed by atoms with Crippen molar-refractivity contribution in [2.45, 2.75) is 44.4 Å². The fourth-order valence-corrected chi connectivity index (χ4v) is 3.51. The first-order chi connectivity index (χ1) is 11.9. The Labute approximate surface area is 141 Å². The maximum absolute atomic E-state index is 5.81. The lowest BCUT2D eigenvalue weighted by atomic mass is 10.2. The van der Waals surface area contributed by atoms with E-state index in [9.17, 15) is 0 Å². The van der Waals surface area contributed by atoms with Crippen LogP contribution in [0.2, 0.25) is 0 Å². The van der Waals surface area contributed by atoms with E-state index in [1.54, 1.807) is 6.26 Å². The molecule has 4 rings (SSSR count). The summed E-state index contributed by atoms with van der Waals surface area (Å²) < 4.78 is 22.4. The highest BCUT2D eigenvalue weighted by Gasteiger charge is 2.25. The maximum atomic E-state index is 5.81. The van der Waals surface area contributed by atoms with Crippen LogP contribution in [0.1, 0.15) is 31.4 Å². The largest absolute Gasteiger partial charge is 0.461 e. The highest BCUT2D eigenvalue weighted by atomic mass is 16.5. The molecule has 0 spiro atoms. The van der Waals surface area contributed by atoms with Gasteiger partial charge in [-0.3, -0.25) is 4.90 Å². The summed E-state index contributed by atoms with van der Waals surface area (Å²) >= 11 is 0. The molecule has 2 fully saturated rings. The summed E-state index contributed by atoms with van der Waals surface area (Å²) in [7, 11) is 0. The van der Waals surface area contributed by atoms with Crippen molar-refractivity contribution >= 4 is 0 Å². The number of furan rings is 1. The van der Waals surface area contributed by atoms with E-state index in [0.29, 0.717) is 23.7 Å². The highest BCUT2D eigenvalue weighted by Crippen LogP contribution is 2.23. The van der Waals surface area contributed by atoms with Crippen molar-refractivity contribution in [1.82, 2.24) is 10.1 Å². The van der Waals surface area contributed by atoms with E-state index in [0.717, 1.165) is 64.2 Å². The van der Waals surface area contributed by atoms with Gasteiger partial charge in [0.15, 0.2) is 5.76 Å². The van der Waals surface area contributed by atoms with Crippen LogP contribution in [0, 0.1) is 0 Å². The molecule has 2 aliphatic rings. The maximum Gasteiger partial charge on any atom is 0.202 e. The Balaban J connectivity index is 1.41. The van der Waals surface area contributed by atoms with Crippen LogP contribution in [0.15, 0.2) is 33.4 Å². The van der Waals surface area contributed by atoms with Gasteiger partial charge in [-0.1, -0.05) is 5.16 Å². The zero-order valence-electron chi connectivity index (χ0n) is 13.9. The molecule has 0 amide bonds. The molecule has 2 unspecified atom stereocenters. The van der Waals surface area contributed by atoms with E-state index in [4.69, 9.17) is 18.4 Å². The molecule has 0 bridgehead atoms. The van der Waals surface area contributed by atoms with Crippen LogP contribution in [0.4, 0.5) is 0 Å². The van der Waals surface area contributed by atoms with Crippen LogP contribution in [-0.2, 0) is 16.0 Å². The lowest BCUT2D eigenvalue weighted by Crippen LogP contribution is -2.37. The summed E-state index contributed by atoms with van der Waals surface area (Å²) in [5.74, 6) is 1.38. The van der Waals surface area contributed by atoms with Crippen LogP contribution in [0.5, 0.6) is 0 Å². The lowest BCUT2D eigenvalue weighted by molar-refractivity contribution is 0.0338. The first kappa shape index (κ1) is 15.9. The molecule has 6 nitrogen and oxygen atoms in total. The third-order valence-corrected chi connectivity index (χ3v) is 4.68. The van der Waals surface area contributed by atoms with Crippen LogP contribution < -0.4 is 0 Å². The molecule has 2 aromatic rings. The average molecular weight is 332 g/mol. The number of hydrogen-bond acceptors (Lipinski definition) is 6. The number of ether oxygens (including phenoxy) is 2. The molecule has 6 heteroatoms. The summed E-state index contributed by atoms with van der Waals surface area (Å²) in [5.41, 5.74) is 0.914. The normalized spacial score (nSPS) is 24.2. The molecule has 2 aliphatic heterocycles. The van der Waals surface area contributed by atoms with Gasteiger partial charge >= 0.3 is 0 Å². The Bertz CT molecular complexity index is 595. The van der Waals surface area contributed by atoms with Crippen molar-refractivity contribution < 1.29 is 18.4 Å². The Morgan fingerprint density at radius 3 is 2.38 bits per heavy atom. The molecule has 0 aromatic carbocycles. The topological polar surface area (TPSA) is 60.9 Å². The molecular formula is C18H24N2O4. The van der Waals surface area contributed by atoms with E-state index >= 15 is 0 Å². The second-order valence-electron chi connectivity index (χ2n) is 6.62. The third kappa shape index (κ3) is 3.88. The van der Waals surface area contributed by atoms with Gasteiger partial charge in [-0.2, -0.15) is 0 Å². The van der Waals surface area contributed by atoms with Gasteiger partial charge in [-0.05, 0) is 37.8 Å². The Hall–Kier alpha value is -1.63. The van der Waals surface area contributed by atoms with Gasteiger partial charge in [0.1, 0.15) is 0 Å². The van der Waals surface area contributed by atoms with Gasteiger partial charge in [-0.25, -0.2) is 0 Å². The summed E-state index contributed by atoms with van der Waals surface area (Å²) in [6.07, 6.45) is 6.87. The molecule has 4 heterocycles. The van der Waals surface area contributed by atoms with Gasteiger partial charge in [0, 0.05) is 38.9 Å². The van der Waals surface area contributed by atoms with Crippen LogP contribution in [-0.4, -0.2) is 48.6 Å². The van der Waals surface area contributed by atoms with Gasteiger partial charge in [0.05, 0.1) is 24.2 Å². The second kappa shape index (κ2) is 7.51. The fraction of sp³-hybridized carbons (Fsp3) is 0.611. The van der Waals surface area contributed by atoms with Crippen LogP contribution >= 0.6 is 0 Å². The summed E-state index contributed by atoms with van der Waals surface area (Å²) in [4.78, 5) is 2.38. The number of hydrogen-bond donors (Lipinski definition) is 0. The number of aromatic nitrogens is 1. The van der Waals surface area contributed by atoms with Gasteiger partial charge in [0.25, 0.3) is 0 Å². The molecule has 0 N–H and O–H groups in total. The van der Waals surface area contributed by atoms with Gasteiger partial charge in [-0.15, -0.1) is 0 Å². The molecular weight excluding hydrogens is 308 g/mol. The van der Waals surface area contributed by atoms with Crippen LogP contribution in [0.3, 0.4) is 0 Å². The number of nitrogens with zero attached hydrogens (tertiary/aromatic N) is 2. The molecule has 24 heavy (non-hydrogen) atoms. The zero-order valence-corrected chi connectivity index (χ0v) is 13.9. The van der Waals surface area contributed by atoms with E-state index < -0.39 is 0 Å². The summed E-state index contributed by atoms with van der Waals surface area (Å²) in [6.45, 7) is 4.34. The SMILES string of the molecule is c1coc(-c2cc(CN(CC3CCCO3)CC3CCCO3)no2)c1. The molecule has 2 atom stereocenters. The molecule has 2 aromatic heterocycles. The van der Waals surface area contributed by atoms with Crippen molar-refractivity contribution in [2.24, 2.45) is 0 Å². The minimum absolute atomic E-state index is 0.322. The highest BCUT2D eigenvalue weighted by molar-refractivity contribution is 5.49. The average Bonchev–Trinajstić information content (AvgIpc) is 3.37. The molecule has 0 radical (unpaired) electrons. The Morgan fingerprint density at radius 1 is 1.04 bits per heavy atom. The molecule has 0 saturated carbocycles.